The van der Waals surface area contributed by atoms with Crippen LogP contribution in [0.15, 0.2) is 197 Å². The van der Waals surface area contributed by atoms with Gasteiger partial charge in [-0.1, -0.05) is 133 Å². The second-order valence-electron chi connectivity index (χ2n) is 13.6. The van der Waals surface area contributed by atoms with E-state index in [4.69, 9.17) is 8.83 Å². The molecule has 0 N–H and O–H groups in total. The molecule has 8 aromatic carbocycles. The van der Waals surface area contributed by atoms with Crippen LogP contribution in [0, 0.1) is 0 Å². The lowest BCUT2D eigenvalue weighted by atomic mass is 10.0. The highest BCUT2D eigenvalue weighted by molar-refractivity contribution is 7.22. The molecule has 244 valence electrons. The number of benzene rings is 8. The van der Waals surface area contributed by atoms with Crippen molar-refractivity contribution in [1.82, 2.24) is 0 Å². The van der Waals surface area contributed by atoms with Crippen molar-refractivity contribution >= 4 is 89.8 Å². The lowest BCUT2D eigenvalue weighted by Gasteiger charge is -2.32. The smallest absolute Gasteiger partial charge is 0.180 e. The van der Waals surface area contributed by atoms with E-state index >= 15 is 0 Å². The van der Waals surface area contributed by atoms with Crippen molar-refractivity contribution in [3.8, 4) is 11.1 Å². The molecule has 3 nitrogen and oxygen atoms in total. The Balaban J connectivity index is 1.23. The van der Waals surface area contributed by atoms with Gasteiger partial charge in [0.05, 0.1) is 5.69 Å². The fourth-order valence-corrected chi connectivity index (χ4v) is 14.0. The summed E-state index contributed by atoms with van der Waals surface area (Å²) in [6.07, 6.45) is 0. The van der Waals surface area contributed by atoms with E-state index in [-0.39, 0.29) is 0 Å². The van der Waals surface area contributed by atoms with Gasteiger partial charge in [-0.25, -0.2) is 0 Å². The van der Waals surface area contributed by atoms with E-state index in [9.17, 15) is 0 Å². The van der Waals surface area contributed by atoms with Gasteiger partial charge in [0, 0.05) is 50.6 Å². The molecule has 0 aliphatic carbocycles. The molecule has 0 saturated heterocycles. The average molecular weight is 682 g/mol. The molecule has 1 aliphatic heterocycles. The third kappa shape index (κ3) is 4.07. The Morgan fingerprint density at radius 3 is 1.44 bits per heavy atom. The standard InChI is InChI=1S/C48H31NO2Si/c1-3-14-34(15-4-1)52(35-16-5-2-6-17-35)46-24-12-9-20-40(46)48-41(21-13-25-47(48)52)49(32-26-28-38-36-18-7-10-22-42(36)50-44(38)30-32)33-27-29-39-37-19-8-11-23-43(37)51-45(39)31-33/h1-31H. The summed E-state index contributed by atoms with van der Waals surface area (Å²) in [6, 6.07) is 68.1. The number of para-hydroxylation sites is 2. The summed E-state index contributed by atoms with van der Waals surface area (Å²) < 4.78 is 13.0. The third-order valence-electron chi connectivity index (χ3n) is 10.9. The van der Waals surface area contributed by atoms with Gasteiger partial charge in [-0.15, -0.1) is 0 Å². The summed E-state index contributed by atoms with van der Waals surface area (Å²) in [5.41, 5.74) is 9.22. The predicted molar refractivity (Wildman–Crippen MR) is 218 cm³/mol. The minimum Gasteiger partial charge on any atom is -0.456 e. The number of anilines is 3. The van der Waals surface area contributed by atoms with Gasteiger partial charge in [-0.05, 0) is 68.8 Å². The molecule has 0 unspecified atom stereocenters. The average Bonchev–Trinajstić information content (AvgIpc) is 3.87. The fourth-order valence-electron chi connectivity index (χ4n) is 8.79. The Morgan fingerprint density at radius 2 is 0.846 bits per heavy atom. The van der Waals surface area contributed by atoms with E-state index < -0.39 is 8.07 Å². The summed E-state index contributed by atoms with van der Waals surface area (Å²) in [6.45, 7) is 0. The highest BCUT2D eigenvalue weighted by Gasteiger charge is 2.49. The van der Waals surface area contributed by atoms with Crippen LogP contribution >= 0.6 is 0 Å². The second kappa shape index (κ2) is 11.2. The van der Waals surface area contributed by atoms with Gasteiger partial charge in [0.2, 0.25) is 0 Å². The molecule has 52 heavy (non-hydrogen) atoms. The Hall–Kier alpha value is -6.62. The van der Waals surface area contributed by atoms with Crippen molar-refractivity contribution in [2.24, 2.45) is 0 Å². The first kappa shape index (κ1) is 29.1. The van der Waals surface area contributed by atoms with Gasteiger partial charge in [0.15, 0.2) is 8.07 Å². The van der Waals surface area contributed by atoms with Crippen LogP contribution in [0.5, 0.6) is 0 Å². The molecule has 1 aliphatic rings. The zero-order chi connectivity index (χ0) is 34.2. The first-order valence-electron chi connectivity index (χ1n) is 17.8. The summed E-state index contributed by atoms with van der Waals surface area (Å²) in [5.74, 6) is 0. The number of rotatable bonds is 5. The van der Waals surface area contributed by atoms with E-state index in [1.165, 1.54) is 31.9 Å². The first-order chi connectivity index (χ1) is 25.8. The number of hydrogen-bond acceptors (Lipinski definition) is 3. The van der Waals surface area contributed by atoms with Gasteiger partial charge in [-0.2, -0.15) is 0 Å². The molecule has 0 spiro atoms. The number of nitrogens with zero attached hydrogens (tertiary/aromatic N) is 1. The quantitative estimate of drug-likeness (QED) is 0.169. The predicted octanol–water partition coefficient (Wildman–Crippen LogP) is 10.3. The highest BCUT2D eigenvalue weighted by atomic mass is 28.3. The molecule has 2 aromatic heterocycles. The molecular formula is C48H31NO2Si. The maximum atomic E-state index is 6.48. The van der Waals surface area contributed by atoms with Gasteiger partial charge >= 0.3 is 0 Å². The number of fused-ring (bicyclic) bond motifs is 9. The topological polar surface area (TPSA) is 29.5 Å². The van der Waals surface area contributed by atoms with Crippen LogP contribution in [0.4, 0.5) is 17.1 Å². The lowest BCUT2D eigenvalue weighted by molar-refractivity contribution is 0.669. The summed E-state index contributed by atoms with van der Waals surface area (Å²) in [7, 11) is -2.70. The molecule has 4 heteroatoms. The minimum atomic E-state index is -2.70. The molecule has 11 rings (SSSR count). The van der Waals surface area contributed by atoms with Crippen molar-refractivity contribution < 1.29 is 8.83 Å². The first-order valence-corrected chi connectivity index (χ1v) is 19.8. The zero-order valence-corrected chi connectivity index (χ0v) is 29.2. The van der Waals surface area contributed by atoms with E-state index in [1.54, 1.807) is 0 Å². The third-order valence-corrected chi connectivity index (χ3v) is 15.8. The summed E-state index contributed by atoms with van der Waals surface area (Å²) in [5, 5.41) is 10.0. The molecule has 0 amide bonds. The van der Waals surface area contributed by atoms with Crippen LogP contribution in [0.2, 0.25) is 0 Å². The van der Waals surface area contributed by atoms with Crippen molar-refractivity contribution in [3.05, 3.63) is 188 Å². The monoisotopic (exact) mass is 681 g/mol. The maximum Gasteiger partial charge on any atom is 0.180 e. The minimum absolute atomic E-state index is 0.860. The molecule has 10 aromatic rings. The number of furan rings is 2. The van der Waals surface area contributed by atoms with Crippen LogP contribution in [-0.4, -0.2) is 8.07 Å². The normalized spacial score (nSPS) is 13.2. The molecule has 0 radical (unpaired) electrons. The maximum absolute atomic E-state index is 6.48. The zero-order valence-electron chi connectivity index (χ0n) is 28.2. The highest BCUT2D eigenvalue weighted by Crippen LogP contribution is 2.45. The molecule has 0 fully saturated rings. The molecule has 0 saturated carbocycles. The molecule has 0 bridgehead atoms. The number of hydrogen-bond donors (Lipinski definition) is 0. The SMILES string of the molecule is c1ccc([Si]2(c3ccccc3)c3ccccc3-c3c(N(c4ccc5c(c4)oc4ccccc45)c4ccc5c(c4)oc4ccccc45)cccc32)cc1. The van der Waals surface area contributed by atoms with E-state index in [0.29, 0.717) is 0 Å². The Kier molecular flexibility index (Phi) is 6.27. The lowest BCUT2D eigenvalue weighted by Crippen LogP contribution is -2.72. The molecular weight excluding hydrogens is 651 g/mol. The van der Waals surface area contributed by atoms with Crippen LogP contribution in [0.1, 0.15) is 0 Å². The Morgan fingerprint density at radius 1 is 0.365 bits per heavy atom. The van der Waals surface area contributed by atoms with Crippen molar-refractivity contribution in [3.63, 3.8) is 0 Å². The van der Waals surface area contributed by atoms with E-state index in [1.807, 2.05) is 24.3 Å². The molecule has 0 atom stereocenters. The van der Waals surface area contributed by atoms with Crippen LogP contribution in [-0.2, 0) is 0 Å². The van der Waals surface area contributed by atoms with Crippen molar-refractivity contribution in [2.45, 2.75) is 0 Å². The van der Waals surface area contributed by atoms with Gasteiger partial charge in [-0.3, -0.25) is 0 Å². The van der Waals surface area contributed by atoms with Crippen LogP contribution in [0.25, 0.3) is 55.0 Å². The van der Waals surface area contributed by atoms with Crippen LogP contribution < -0.4 is 25.6 Å². The van der Waals surface area contributed by atoms with Crippen molar-refractivity contribution in [2.75, 3.05) is 4.90 Å². The largest absolute Gasteiger partial charge is 0.456 e. The van der Waals surface area contributed by atoms with Gasteiger partial charge in [0.25, 0.3) is 0 Å². The van der Waals surface area contributed by atoms with Crippen LogP contribution in [0.3, 0.4) is 0 Å². The van der Waals surface area contributed by atoms with Gasteiger partial charge in [0.1, 0.15) is 22.3 Å². The fraction of sp³-hybridized carbons (Fsp3) is 0. The van der Waals surface area contributed by atoms with E-state index in [0.717, 1.165) is 60.9 Å². The molecule has 3 heterocycles. The Labute approximate surface area is 301 Å². The summed E-state index contributed by atoms with van der Waals surface area (Å²) >= 11 is 0. The second-order valence-corrected chi connectivity index (χ2v) is 17.4. The summed E-state index contributed by atoms with van der Waals surface area (Å²) in [4.78, 5) is 2.40. The van der Waals surface area contributed by atoms with E-state index in [2.05, 4.69) is 169 Å². The van der Waals surface area contributed by atoms with Crippen molar-refractivity contribution in [1.29, 1.82) is 0 Å². The Bertz CT molecular complexity index is 2830. The van der Waals surface area contributed by atoms with Gasteiger partial charge < -0.3 is 13.7 Å².